The van der Waals surface area contributed by atoms with Gasteiger partial charge in [0.15, 0.2) is 0 Å². The maximum absolute atomic E-state index is 13.9. The quantitative estimate of drug-likeness (QED) is 0.885. The molecule has 1 aliphatic rings. The summed E-state index contributed by atoms with van der Waals surface area (Å²) in [5.74, 6) is -0.599. The number of nitrogens with zero attached hydrogens (tertiary/aromatic N) is 1. The molecule has 3 N–H and O–H groups in total. The number of likely N-dealkylation sites (tertiary alicyclic amines) is 1. The Labute approximate surface area is 125 Å². The van der Waals surface area contributed by atoms with Crippen molar-refractivity contribution in [2.24, 2.45) is 10.6 Å². The lowest BCUT2D eigenvalue weighted by Crippen LogP contribution is -2.40. The number of piperidine rings is 1. The predicted octanol–water partition coefficient (Wildman–Crippen LogP) is 1.62. The second-order valence-electron chi connectivity index (χ2n) is 6.15. The minimum absolute atomic E-state index is 0.123. The van der Waals surface area contributed by atoms with E-state index in [0.717, 1.165) is 32.0 Å². The van der Waals surface area contributed by atoms with E-state index in [4.69, 9.17) is 5.14 Å². The topological polar surface area (TPSA) is 75.4 Å². The summed E-state index contributed by atoms with van der Waals surface area (Å²) in [7, 11) is -1.77. The van der Waals surface area contributed by atoms with Gasteiger partial charge in [0.05, 0.1) is 10.6 Å². The zero-order valence-electron chi connectivity index (χ0n) is 12.4. The van der Waals surface area contributed by atoms with Gasteiger partial charge in [0, 0.05) is 6.54 Å². The smallest absolute Gasteiger partial charge is 0.238 e. The summed E-state index contributed by atoms with van der Waals surface area (Å²) >= 11 is 0. The summed E-state index contributed by atoms with van der Waals surface area (Å²) in [4.78, 5) is 2.07. The van der Waals surface area contributed by atoms with Crippen molar-refractivity contribution in [3.05, 3.63) is 24.0 Å². The van der Waals surface area contributed by atoms with Gasteiger partial charge >= 0.3 is 0 Å². The first-order valence-corrected chi connectivity index (χ1v) is 8.49. The standard InChI is InChI=1S/C14H22FN3O2S/c1-14(5-7-18(2)8-6-14)10-17-13-4-3-11(9-12(13)15)21(16,19)20/h3-4,9,17H,5-8,10H2,1-2H3,(H2,16,19,20). The number of nitrogens with two attached hydrogens (primary N) is 1. The Morgan fingerprint density at radius 2 is 2.00 bits per heavy atom. The molecule has 0 bridgehead atoms. The molecule has 0 atom stereocenters. The number of sulfonamides is 1. The van der Waals surface area contributed by atoms with E-state index in [2.05, 4.69) is 24.2 Å². The lowest BCUT2D eigenvalue weighted by atomic mass is 9.80. The van der Waals surface area contributed by atoms with Crippen LogP contribution in [0, 0.1) is 11.2 Å². The van der Waals surface area contributed by atoms with Gasteiger partial charge in [0.2, 0.25) is 10.0 Å². The summed E-state index contributed by atoms with van der Waals surface area (Å²) < 4.78 is 36.3. The Morgan fingerprint density at radius 1 is 1.38 bits per heavy atom. The van der Waals surface area contributed by atoms with Gasteiger partial charge < -0.3 is 10.2 Å². The first kappa shape index (κ1) is 16.2. The molecule has 7 heteroatoms. The van der Waals surface area contributed by atoms with Gasteiger partial charge in [-0.3, -0.25) is 0 Å². The third-order valence-electron chi connectivity index (χ3n) is 4.17. The number of rotatable bonds is 4. The number of hydrogen-bond acceptors (Lipinski definition) is 4. The molecule has 0 saturated carbocycles. The zero-order valence-corrected chi connectivity index (χ0v) is 13.2. The number of anilines is 1. The Kier molecular flexibility index (Phi) is 4.55. The lowest BCUT2D eigenvalue weighted by molar-refractivity contribution is 0.150. The highest BCUT2D eigenvalue weighted by Crippen LogP contribution is 2.31. The Hall–Kier alpha value is -1.18. The summed E-state index contributed by atoms with van der Waals surface area (Å²) in [5.41, 5.74) is 0.431. The SMILES string of the molecule is CN1CCC(C)(CNc2ccc(S(N)(=O)=O)cc2F)CC1. The van der Waals surface area contributed by atoms with E-state index >= 15 is 0 Å². The van der Waals surface area contributed by atoms with Crippen LogP contribution in [0.15, 0.2) is 23.1 Å². The van der Waals surface area contributed by atoms with Crippen molar-refractivity contribution < 1.29 is 12.8 Å². The lowest BCUT2D eigenvalue weighted by Gasteiger charge is -2.38. The van der Waals surface area contributed by atoms with Gasteiger partial charge in [-0.15, -0.1) is 0 Å². The molecule has 1 aromatic rings. The third kappa shape index (κ3) is 4.15. The van der Waals surface area contributed by atoms with E-state index in [9.17, 15) is 12.8 Å². The Morgan fingerprint density at radius 3 is 2.52 bits per heavy atom. The molecular weight excluding hydrogens is 293 g/mol. The second-order valence-corrected chi connectivity index (χ2v) is 7.72. The first-order chi connectivity index (χ1) is 9.70. The fourth-order valence-corrected chi connectivity index (χ4v) is 2.99. The van der Waals surface area contributed by atoms with Crippen LogP contribution >= 0.6 is 0 Å². The van der Waals surface area contributed by atoms with Crippen molar-refractivity contribution in [3.63, 3.8) is 0 Å². The minimum atomic E-state index is -3.87. The van der Waals surface area contributed by atoms with Gasteiger partial charge in [-0.05, 0) is 56.6 Å². The molecule has 118 valence electrons. The van der Waals surface area contributed by atoms with Crippen LogP contribution in [-0.4, -0.2) is 40.0 Å². The van der Waals surface area contributed by atoms with Gasteiger partial charge in [-0.25, -0.2) is 17.9 Å². The molecule has 1 saturated heterocycles. The monoisotopic (exact) mass is 315 g/mol. The summed E-state index contributed by atoms with van der Waals surface area (Å²) in [6.45, 7) is 4.91. The zero-order chi connectivity index (χ0) is 15.7. The molecule has 21 heavy (non-hydrogen) atoms. The molecule has 0 aromatic heterocycles. The number of benzene rings is 1. The molecule has 1 fully saturated rings. The maximum Gasteiger partial charge on any atom is 0.238 e. The fourth-order valence-electron chi connectivity index (χ4n) is 2.46. The molecule has 2 rings (SSSR count). The molecule has 0 radical (unpaired) electrons. The molecular formula is C14H22FN3O2S. The van der Waals surface area contributed by atoms with Gasteiger partial charge in [0.1, 0.15) is 5.82 Å². The van der Waals surface area contributed by atoms with Crippen LogP contribution in [0.3, 0.4) is 0 Å². The van der Waals surface area contributed by atoms with Crippen molar-refractivity contribution in [3.8, 4) is 0 Å². The van der Waals surface area contributed by atoms with Crippen LogP contribution in [-0.2, 0) is 10.0 Å². The third-order valence-corrected chi connectivity index (χ3v) is 5.08. The summed E-state index contributed by atoms with van der Waals surface area (Å²) in [6.07, 6.45) is 2.10. The van der Waals surface area contributed by atoms with Gasteiger partial charge in [-0.1, -0.05) is 6.92 Å². The average molecular weight is 315 g/mol. The van der Waals surface area contributed by atoms with E-state index < -0.39 is 15.8 Å². The van der Waals surface area contributed by atoms with E-state index in [-0.39, 0.29) is 10.3 Å². The number of halogens is 1. The molecule has 0 unspecified atom stereocenters. The number of hydrogen-bond donors (Lipinski definition) is 2. The van der Waals surface area contributed by atoms with Crippen LogP contribution in [0.1, 0.15) is 19.8 Å². The van der Waals surface area contributed by atoms with Crippen molar-refractivity contribution in [1.82, 2.24) is 4.90 Å². The van der Waals surface area contributed by atoms with Crippen LogP contribution in [0.2, 0.25) is 0 Å². The molecule has 0 amide bonds. The van der Waals surface area contributed by atoms with Crippen LogP contribution < -0.4 is 10.5 Å². The molecule has 0 aliphatic carbocycles. The van der Waals surface area contributed by atoms with Crippen LogP contribution in [0.5, 0.6) is 0 Å². The molecule has 1 aliphatic heterocycles. The largest absolute Gasteiger partial charge is 0.382 e. The molecule has 1 aromatic carbocycles. The maximum atomic E-state index is 13.9. The van der Waals surface area contributed by atoms with Crippen LogP contribution in [0.4, 0.5) is 10.1 Å². The Bertz CT molecular complexity index is 611. The molecule has 0 spiro atoms. The fraction of sp³-hybridized carbons (Fsp3) is 0.571. The highest BCUT2D eigenvalue weighted by Gasteiger charge is 2.28. The van der Waals surface area contributed by atoms with Crippen molar-refractivity contribution >= 4 is 15.7 Å². The predicted molar refractivity (Wildman–Crippen MR) is 81.1 cm³/mol. The highest BCUT2D eigenvalue weighted by molar-refractivity contribution is 7.89. The van der Waals surface area contributed by atoms with Gasteiger partial charge in [-0.2, -0.15) is 0 Å². The second kappa shape index (κ2) is 5.90. The molecule has 5 nitrogen and oxygen atoms in total. The first-order valence-electron chi connectivity index (χ1n) is 6.94. The minimum Gasteiger partial charge on any atom is -0.382 e. The van der Waals surface area contributed by atoms with Crippen LogP contribution in [0.25, 0.3) is 0 Å². The van der Waals surface area contributed by atoms with Crippen molar-refractivity contribution in [2.45, 2.75) is 24.7 Å². The van der Waals surface area contributed by atoms with E-state index in [1.54, 1.807) is 0 Å². The van der Waals surface area contributed by atoms with Crippen molar-refractivity contribution in [1.29, 1.82) is 0 Å². The number of nitrogens with one attached hydrogen (secondary N) is 1. The Balaban J connectivity index is 2.04. The van der Waals surface area contributed by atoms with Gasteiger partial charge in [0.25, 0.3) is 0 Å². The highest BCUT2D eigenvalue weighted by atomic mass is 32.2. The van der Waals surface area contributed by atoms with Crippen molar-refractivity contribution in [2.75, 3.05) is 32.0 Å². The average Bonchev–Trinajstić information content (AvgIpc) is 2.40. The summed E-state index contributed by atoms with van der Waals surface area (Å²) in [5, 5.41) is 8.07. The van der Waals surface area contributed by atoms with E-state index in [0.29, 0.717) is 12.2 Å². The number of primary sulfonamides is 1. The normalized spacial score (nSPS) is 19.4. The summed E-state index contributed by atoms with van der Waals surface area (Å²) in [6, 6.07) is 3.69. The van der Waals surface area contributed by atoms with E-state index in [1.165, 1.54) is 12.1 Å². The molecule has 1 heterocycles. The van der Waals surface area contributed by atoms with E-state index in [1.807, 2.05) is 0 Å².